The number of nitrogens with two attached hydrogens (primary N) is 1. The van der Waals surface area contributed by atoms with Crippen molar-refractivity contribution in [1.82, 2.24) is 19.5 Å². The van der Waals surface area contributed by atoms with Crippen molar-refractivity contribution in [3.63, 3.8) is 0 Å². The highest BCUT2D eigenvalue weighted by atomic mass is 16.5. The Kier molecular flexibility index (Phi) is 4.30. The first-order valence-corrected chi connectivity index (χ1v) is 8.55. The van der Waals surface area contributed by atoms with Gasteiger partial charge < -0.3 is 24.6 Å². The molecule has 4 rings (SSSR count). The Morgan fingerprint density at radius 2 is 1.97 bits per heavy atom. The maximum absolute atomic E-state index is 12.8. The van der Waals surface area contributed by atoms with Crippen LogP contribution in [-0.4, -0.2) is 39.6 Å². The molecule has 0 aliphatic rings. The second-order valence-corrected chi connectivity index (χ2v) is 6.15. The number of H-pyrrole nitrogens is 1. The average Bonchev–Trinajstić information content (AvgIpc) is 3.28. The summed E-state index contributed by atoms with van der Waals surface area (Å²) < 4.78 is 17.6. The van der Waals surface area contributed by atoms with Gasteiger partial charge in [-0.1, -0.05) is 6.07 Å². The molecular formula is C19H17N5O5. The van der Waals surface area contributed by atoms with E-state index in [0.717, 1.165) is 0 Å². The van der Waals surface area contributed by atoms with Gasteiger partial charge in [-0.3, -0.25) is 4.79 Å². The fourth-order valence-electron chi connectivity index (χ4n) is 3.10. The van der Waals surface area contributed by atoms with Crippen LogP contribution in [0.15, 0.2) is 39.5 Å². The number of rotatable bonds is 5. The van der Waals surface area contributed by atoms with Gasteiger partial charge in [-0.2, -0.15) is 0 Å². The molecule has 4 aromatic rings. The molecule has 0 radical (unpaired) electrons. The maximum Gasteiger partial charge on any atom is 0.332 e. The second kappa shape index (κ2) is 6.82. The van der Waals surface area contributed by atoms with Crippen LogP contribution < -0.4 is 20.9 Å². The van der Waals surface area contributed by atoms with Crippen molar-refractivity contribution in [2.24, 2.45) is 5.73 Å². The number of hydrogen-bond acceptors (Lipinski definition) is 7. The number of imidazole rings is 1. The third-order valence-electron chi connectivity index (χ3n) is 4.35. The van der Waals surface area contributed by atoms with E-state index in [0.29, 0.717) is 28.7 Å². The van der Waals surface area contributed by atoms with Crippen LogP contribution in [0.2, 0.25) is 0 Å². The Labute approximate surface area is 163 Å². The summed E-state index contributed by atoms with van der Waals surface area (Å²) >= 11 is 0. The van der Waals surface area contributed by atoms with Crippen molar-refractivity contribution in [1.29, 1.82) is 0 Å². The summed E-state index contributed by atoms with van der Waals surface area (Å²) in [7, 11) is 2.95. The number of para-hydroxylation sites is 1. The SMILES string of the molecule is COc1cccc(-n2c(=O)[nH]c3c(C(N)=O)nc(-c4ccc(C)o4)nc32)c1OC. The summed E-state index contributed by atoms with van der Waals surface area (Å²) in [6.45, 7) is 1.77. The molecule has 148 valence electrons. The number of nitrogens with one attached hydrogen (secondary N) is 1. The standard InChI is InChI=1S/C19H17N5O5/c1-9-7-8-12(29-9)17-21-13(16(20)25)14-18(23-17)24(19(26)22-14)10-5-4-6-11(27-2)15(10)28-3/h4-8H,1-3H3,(H2,20,25)(H,22,26). The van der Waals surface area contributed by atoms with Crippen molar-refractivity contribution in [2.75, 3.05) is 14.2 Å². The van der Waals surface area contributed by atoms with Crippen LogP contribution in [0.25, 0.3) is 28.4 Å². The summed E-state index contributed by atoms with van der Waals surface area (Å²) in [6.07, 6.45) is 0. The van der Waals surface area contributed by atoms with E-state index in [4.69, 9.17) is 19.6 Å². The largest absolute Gasteiger partial charge is 0.493 e. The number of aromatic amines is 1. The third kappa shape index (κ3) is 2.90. The van der Waals surface area contributed by atoms with Crippen LogP contribution in [-0.2, 0) is 0 Å². The first-order chi connectivity index (χ1) is 13.9. The fraction of sp³-hybridized carbons (Fsp3) is 0.158. The van der Waals surface area contributed by atoms with E-state index in [2.05, 4.69) is 15.0 Å². The molecule has 0 atom stereocenters. The number of methoxy groups -OCH3 is 2. The lowest BCUT2D eigenvalue weighted by atomic mass is 10.2. The Balaban J connectivity index is 2.09. The van der Waals surface area contributed by atoms with Crippen LogP contribution in [0.4, 0.5) is 0 Å². The monoisotopic (exact) mass is 395 g/mol. The number of fused-ring (bicyclic) bond motifs is 1. The van der Waals surface area contributed by atoms with Crippen LogP contribution >= 0.6 is 0 Å². The molecule has 0 bridgehead atoms. The predicted molar refractivity (Wildman–Crippen MR) is 104 cm³/mol. The van der Waals surface area contributed by atoms with Crippen LogP contribution in [0.3, 0.4) is 0 Å². The summed E-state index contributed by atoms with van der Waals surface area (Å²) in [5.74, 6) is 1.04. The van der Waals surface area contributed by atoms with E-state index in [1.165, 1.54) is 18.8 Å². The number of amides is 1. The minimum Gasteiger partial charge on any atom is -0.493 e. The lowest BCUT2D eigenvalue weighted by molar-refractivity contribution is 0.0997. The molecule has 0 aliphatic heterocycles. The zero-order valence-electron chi connectivity index (χ0n) is 15.8. The third-order valence-corrected chi connectivity index (χ3v) is 4.35. The van der Waals surface area contributed by atoms with Crippen molar-refractivity contribution in [3.8, 4) is 28.8 Å². The second-order valence-electron chi connectivity index (χ2n) is 6.15. The Morgan fingerprint density at radius 1 is 1.17 bits per heavy atom. The van der Waals surface area contributed by atoms with Gasteiger partial charge in [0.2, 0.25) is 0 Å². The van der Waals surface area contributed by atoms with Crippen molar-refractivity contribution in [3.05, 3.63) is 52.3 Å². The molecule has 1 amide bonds. The molecule has 10 heteroatoms. The van der Waals surface area contributed by atoms with Gasteiger partial charge in [0, 0.05) is 0 Å². The lowest BCUT2D eigenvalue weighted by Crippen LogP contribution is -2.16. The van der Waals surface area contributed by atoms with E-state index < -0.39 is 11.6 Å². The minimum atomic E-state index is -0.812. The number of nitrogens with zero attached hydrogens (tertiary/aromatic N) is 3. The molecule has 0 saturated carbocycles. The molecule has 0 spiro atoms. The Morgan fingerprint density at radius 3 is 2.59 bits per heavy atom. The number of furan rings is 1. The van der Waals surface area contributed by atoms with E-state index >= 15 is 0 Å². The summed E-state index contributed by atoms with van der Waals surface area (Å²) in [5.41, 5.74) is 5.45. The maximum atomic E-state index is 12.8. The minimum absolute atomic E-state index is 0.111. The highest BCUT2D eigenvalue weighted by Gasteiger charge is 2.23. The highest BCUT2D eigenvalue weighted by Crippen LogP contribution is 2.34. The molecule has 3 N–H and O–H groups in total. The zero-order valence-corrected chi connectivity index (χ0v) is 15.8. The summed E-state index contributed by atoms with van der Waals surface area (Å²) in [6, 6.07) is 8.47. The van der Waals surface area contributed by atoms with E-state index in [1.807, 2.05) is 0 Å². The Bertz CT molecular complexity index is 1300. The molecule has 3 heterocycles. The molecule has 1 aromatic carbocycles. The van der Waals surface area contributed by atoms with Crippen LogP contribution in [0, 0.1) is 6.92 Å². The predicted octanol–water partition coefficient (Wildman–Crippen LogP) is 1.79. The molecule has 10 nitrogen and oxygen atoms in total. The van der Waals surface area contributed by atoms with Crippen LogP contribution in [0.1, 0.15) is 16.2 Å². The van der Waals surface area contributed by atoms with Gasteiger partial charge in [0.1, 0.15) is 11.3 Å². The van der Waals surface area contributed by atoms with Gasteiger partial charge in [0.15, 0.2) is 34.4 Å². The first-order valence-electron chi connectivity index (χ1n) is 8.55. The van der Waals surface area contributed by atoms with Gasteiger partial charge in [0.25, 0.3) is 5.91 Å². The van der Waals surface area contributed by atoms with Crippen LogP contribution in [0.5, 0.6) is 11.5 Å². The number of carbonyl (C=O) groups excluding carboxylic acids is 1. The Hall–Kier alpha value is -4.08. The van der Waals surface area contributed by atoms with E-state index in [1.54, 1.807) is 37.3 Å². The molecular weight excluding hydrogens is 378 g/mol. The number of benzene rings is 1. The van der Waals surface area contributed by atoms with Gasteiger partial charge in [-0.15, -0.1) is 0 Å². The molecule has 3 aromatic heterocycles. The van der Waals surface area contributed by atoms with Gasteiger partial charge >= 0.3 is 5.69 Å². The summed E-state index contributed by atoms with van der Waals surface area (Å²) in [4.78, 5) is 36.1. The molecule has 0 unspecified atom stereocenters. The number of aryl methyl sites for hydroxylation is 1. The molecule has 0 aliphatic carbocycles. The van der Waals surface area contributed by atoms with Crippen molar-refractivity contribution < 1.29 is 18.7 Å². The number of ether oxygens (including phenoxy) is 2. The zero-order chi connectivity index (χ0) is 20.7. The van der Waals surface area contributed by atoms with Gasteiger partial charge in [0.05, 0.1) is 19.9 Å². The normalized spacial score (nSPS) is 11.0. The molecule has 29 heavy (non-hydrogen) atoms. The average molecular weight is 395 g/mol. The topological polar surface area (TPSA) is 138 Å². The number of primary amides is 1. The van der Waals surface area contributed by atoms with Gasteiger partial charge in [-0.25, -0.2) is 19.3 Å². The molecule has 0 saturated heterocycles. The number of aromatic nitrogens is 4. The summed E-state index contributed by atoms with van der Waals surface area (Å²) in [5, 5.41) is 0. The van der Waals surface area contributed by atoms with Crippen molar-refractivity contribution in [2.45, 2.75) is 6.92 Å². The number of carbonyl (C=O) groups is 1. The van der Waals surface area contributed by atoms with Gasteiger partial charge in [-0.05, 0) is 31.2 Å². The van der Waals surface area contributed by atoms with Crippen molar-refractivity contribution >= 4 is 17.1 Å². The first kappa shape index (κ1) is 18.3. The van der Waals surface area contributed by atoms with E-state index in [9.17, 15) is 9.59 Å². The highest BCUT2D eigenvalue weighted by molar-refractivity contribution is 6.02. The smallest absolute Gasteiger partial charge is 0.332 e. The quantitative estimate of drug-likeness (QED) is 0.525. The molecule has 0 fully saturated rings. The fourth-order valence-corrected chi connectivity index (χ4v) is 3.10. The van der Waals surface area contributed by atoms with E-state index in [-0.39, 0.29) is 22.7 Å². The number of hydrogen-bond donors (Lipinski definition) is 2. The lowest BCUT2D eigenvalue weighted by Gasteiger charge is -2.13.